The smallest absolute Gasteiger partial charge is 0.243 e. The van der Waals surface area contributed by atoms with Gasteiger partial charge in [-0.15, -0.1) is 0 Å². The van der Waals surface area contributed by atoms with Gasteiger partial charge in [-0.1, -0.05) is 5.16 Å². The van der Waals surface area contributed by atoms with Gasteiger partial charge in [-0.05, 0) is 18.2 Å². The SMILES string of the molecule is Cc1nc(CNS(=O)(=O)c2c[nH]c3cc(N)ccc23)no1. The van der Waals surface area contributed by atoms with Crippen LogP contribution in [0.25, 0.3) is 10.9 Å². The van der Waals surface area contributed by atoms with Crippen LogP contribution in [0.1, 0.15) is 11.7 Å². The van der Waals surface area contributed by atoms with Crippen molar-refractivity contribution in [2.24, 2.45) is 0 Å². The summed E-state index contributed by atoms with van der Waals surface area (Å²) < 4.78 is 31.9. The molecular weight excluding hydrogens is 294 g/mol. The molecule has 0 radical (unpaired) electrons. The molecular formula is C12H13N5O3S. The van der Waals surface area contributed by atoms with E-state index in [2.05, 4.69) is 19.8 Å². The summed E-state index contributed by atoms with van der Waals surface area (Å²) >= 11 is 0. The van der Waals surface area contributed by atoms with Crippen molar-refractivity contribution in [1.29, 1.82) is 0 Å². The molecule has 1 aromatic carbocycles. The molecule has 4 N–H and O–H groups in total. The van der Waals surface area contributed by atoms with Crippen LogP contribution in [-0.2, 0) is 16.6 Å². The van der Waals surface area contributed by atoms with E-state index in [1.165, 1.54) is 6.20 Å². The van der Waals surface area contributed by atoms with E-state index in [1.807, 2.05) is 0 Å². The summed E-state index contributed by atoms with van der Waals surface area (Å²) in [5.74, 6) is 0.659. The number of benzene rings is 1. The number of fused-ring (bicyclic) bond motifs is 1. The van der Waals surface area contributed by atoms with Crippen molar-refractivity contribution in [3.05, 3.63) is 36.1 Å². The van der Waals surface area contributed by atoms with Crippen molar-refractivity contribution in [1.82, 2.24) is 19.8 Å². The molecule has 0 amide bonds. The van der Waals surface area contributed by atoms with Gasteiger partial charge in [0.15, 0.2) is 5.82 Å². The van der Waals surface area contributed by atoms with Crippen LogP contribution in [-0.4, -0.2) is 23.5 Å². The topological polar surface area (TPSA) is 127 Å². The number of anilines is 1. The number of sulfonamides is 1. The molecule has 0 spiro atoms. The number of rotatable bonds is 4. The number of nitrogens with zero attached hydrogens (tertiary/aromatic N) is 2. The molecule has 2 heterocycles. The molecule has 3 aromatic rings. The van der Waals surface area contributed by atoms with E-state index in [1.54, 1.807) is 25.1 Å². The molecule has 0 unspecified atom stereocenters. The Hall–Kier alpha value is -2.39. The standard InChI is InChI=1S/C12H13N5O3S/c1-7-16-12(17-20-7)6-15-21(18,19)11-5-14-10-4-8(13)2-3-9(10)11/h2-5,14-15H,6,13H2,1H3. The summed E-state index contributed by atoms with van der Waals surface area (Å²) in [6.45, 7) is 1.59. The second-order valence-electron chi connectivity index (χ2n) is 4.51. The monoisotopic (exact) mass is 307 g/mol. The van der Waals surface area contributed by atoms with Crippen LogP contribution in [0.5, 0.6) is 0 Å². The van der Waals surface area contributed by atoms with Gasteiger partial charge in [0.1, 0.15) is 4.90 Å². The lowest BCUT2D eigenvalue weighted by molar-refractivity contribution is 0.387. The molecule has 110 valence electrons. The number of hydrogen-bond acceptors (Lipinski definition) is 6. The van der Waals surface area contributed by atoms with Gasteiger partial charge in [0.2, 0.25) is 15.9 Å². The maximum atomic E-state index is 12.3. The molecule has 0 saturated carbocycles. The van der Waals surface area contributed by atoms with E-state index < -0.39 is 10.0 Å². The Morgan fingerprint density at radius 1 is 1.43 bits per heavy atom. The number of H-pyrrole nitrogens is 1. The molecule has 0 atom stereocenters. The van der Waals surface area contributed by atoms with Crippen molar-refractivity contribution >= 4 is 26.6 Å². The lowest BCUT2D eigenvalue weighted by Gasteiger charge is -2.03. The van der Waals surface area contributed by atoms with Gasteiger partial charge in [-0.25, -0.2) is 13.1 Å². The minimum absolute atomic E-state index is 0.0404. The zero-order valence-corrected chi connectivity index (χ0v) is 11.9. The lowest BCUT2D eigenvalue weighted by atomic mass is 10.2. The number of aromatic amines is 1. The van der Waals surface area contributed by atoms with E-state index in [9.17, 15) is 8.42 Å². The van der Waals surface area contributed by atoms with Crippen LogP contribution >= 0.6 is 0 Å². The third-order valence-corrected chi connectivity index (χ3v) is 4.39. The van der Waals surface area contributed by atoms with Crippen LogP contribution in [0.2, 0.25) is 0 Å². The van der Waals surface area contributed by atoms with Gasteiger partial charge < -0.3 is 15.2 Å². The van der Waals surface area contributed by atoms with Crippen LogP contribution in [0.15, 0.2) is 33.8 Å². The average Bonchev–Trinajstić information content (AvgIpc) is 3.02. The van der Waals surface area contributed by atoms with Gasteiger partial charge in [0.05, 0.1) is 6.54 Å². The maximum Gasteiger partial charge on any atom is 0.243 e. The Labute approximate surface area is 120 Å². The Morgan fingerprint density at radius 2 is 2.24 bits per heavy atom. The van der Waals surface area contributed by atoms with Crippen molar-refractivity contribution in [3.63, 3.8) is 0 Å². The van der Waals surface area contributed by atoms with Gasteiger partial charge in [0.25, 0.3) is 0 Å². The lowest BCUT2D eigenvalue weighted by Crippen LogP contribution is -2.23. The number of nitrogens with one attached hydrogen (secondary N) is 2. The van der Waals surface area contributed by atoms with Crippen molar-refractivity contribution in [2.75, 3.05) is 5.73 Å². The first-order valence-electron chi connectivity index (χ1n) is 6.11. The fourth-order valence-corrected chi connectivity index (χ4v) is 3.15. The van der Waals surface area contributed by atoms with Crippen LogP contribution in [0.3, 0.4) is 0 Å². The normalized spacial score (nSPS) is 12.0. The fraction of sp³-hybridized carbons (Fsp3) is 0.167. The molecule has 9 heteroatoms. The van der Waals surface area contributed by atoms with Gasteiger partial charge >= 0.3 is 0 Å². The van der Waals surface area contributed by atoms with E-state index in [4.69, 9.17) is 10.3 Å². The van der Waals surface area contributed by atoms with Gasteiger partial charge in [-0.2, -0.15) is 4.98 Å². The predicted molar refractivity (Wildman–Crippen MR) is 75.8 cm³/mol. The number of aryl methyl sites for hydroxylation is 1. The van der Waals surface area contributed by atoms with Crippen molar-refractivity contribution < 1.29 is 12.9 Å². The quantitative estimate of drug-likeness (QED) is 0.615. The number of nitrogen functional groups attached to an aromatic ring is 1. The molecule has 0 aliphatic rings. The van der Waals surface area contributed by atoms with E-state index in [0.29, 0.717) is 22.5 Å². The molecule has 2 aromatic heterocycles. The zero-order valence-electron chi connectivity index (χ0n) is 11.1. The molecule has 21 heavy (non-hydrogen) atoms. The third-order valence-electron chi connectivity index (χ3n) is 2.95. The van der Waals surface area contributed by atoms with Gasteiger partial charge in [0, 0.05) is 29.7 Å². The largest absolute Gasteiger partial charge is 0.399 e. The third kappa shape index (κ3) is 2.60. The summed E-state index contributed by atoms with van der Waals surface area (Å²) in [6.07, 6.45) is 1.42. The molecule has 3 rings (SSSR count). The van der Waals surface area contributed by atoms with Crippen LogP contribution in [0.4, 0.5) is 5.69 Å². The predicted octanol–water partition coefficient (Wildman–Crippen LogP) is 0.920. The highest BCUT2D eigenvalue weighted by molar-refractivity contribution is 7.89. The Balaban J connectivity index is 1.89. The fourth-order valence-electron chi connectivity index (χ4n) is 1.99. The Bertz CT molecular complexity index is 897. The summed E-state index contributed by atoms with van der Waals surface area (Å²) in [5, 5.41) is 4.21. The minimum Gasteiger partial charge on any atom is -0.399 e. The Morgan fingerprint density at radius 3 is 2.95 bits per heavy atom. The molecule has 0 aliphatic carbocycles. The second-order valence-corrected chi connectivity index (χ2v) is 6.25. The zero-order chi connectivity index (χ0) is 15.0. The number of nitrogens with two attached hydrogens (primary N) is 1. The molecule has 0 saturated heterocycles. The highest BCUT2D eigenvalue weighted by atomic mass is 32.2. The van der Waals surface area contributed by atoms with Crippen LogP contribution < -0.4 is 10.5 Å². The highest BCUT2D eigenvalue weighted by Crippen LogP contribution is 2.24. The minimum atomic E-state index is -3.69. The molecule has 0 aliphatic heterocycles. The number of aromatic nitrogens is 3. The molecule has 8 nitrogen and oxygen atoms in total. The summed E-state index contributed by atoms with van der Waals surface area (Å²) in [6, 6.07) is 4.99. The molecule has 0 bridgehead atoms. The summed E-state index contributed by atoms with van der Waals surface area (Å²) in [7, 11) is -3.69. The van der Waals surface area contributed by atoms with E-state index in [0.717, 1.165) is 0 Å². The first kappa shape index (κ1) is 13.6. The summed E-state index contributed by atoms with van der Waals surface area (Å²) in [4.78, 5) is 6.98. The number of hydrogen-bond donors (Lipinski definition) is 3. The summed E-state index contributed by atoms with van der Waals surface area (Å²) in [5.41, 5.74) is 6.88. The Kier molecular flexibility index (Phi) is 3.15. The first-order chi connectivity index (χ1) is 9.95. The van der Waals surface area contributed by atoms with E-state index >= 15 is 0 Å². The van der Waals surface area contributed by atoms with Gasteiger partial charge in [-0.3, -0.25) is 0 Å². The second kappa shape index (κ2) is 4.86. The van der Waals surface area contributed by atoms with E-state index in [-0.39, 0.29) is 17.3 Å². The van der Waals surface area contributed by atoms with Crippen molar-refractivity contribution in [3.8, 4) is 0 Å². The first-order valence-corrected chi connectivity index (χ1v) is 7.59. The van der Waals surface area contributed by atoms with Crippen LogP contribution in [0, 0.1) is 6.92 Å². The highest BCUT2D eigenvalue weighted by Gasteiger charge is 2.19. The van der Waals surface area contributed by atoms with Crippen molar-refractivity contribution in [2.45, 2.75) is 18.4 Å². The molecule has 0 fully saturated rings. The average molecular weight is 307 g/mol. The maximum absolute atomic E-state index is 12.3.